The van der Waals surface area contributed by atoms with Gasteiger partial charge in [-0.05, 0) is 42.3 Å². The molecule has 0 bridgehead atoms. The summed E-state index contributed by atoms with van der Waals surface area (Å²) in [6, 6.07) is 15.4. The van der Waals surface area contributed by atoms with Crippen LogP contribution in [0.25, 0.3) is 0 Å². The normalized spacial score (nSPS) is 10.2. The fourth-order valence-corrected chi connectivity index (χ4v) is 2.67. The van der Waals surface area contributed by atoms with Crippen molar-refractivity contribution in [2.45, 2.75) is 6.42 Å². The number of nitrogens with zero attached hydrogens (tertiary/aromatic N) is 2. The van der Waals surface area contributed by atoms with Gasteiger partial charge in [-0.2, -0.15) is 4.98 Å². The van der Waals surface area contributed by atoms with Gasteiger partial charge in [0.1, 0.15) is 23.1 Å². The maximum absolute atomic E-state index is 5.40. The average Bonchev–Trinajstić information content (AvgIpc) is 2.75. The first-order valence-corrected chi connectivity index (χ1v) is 8.90. The molecule has 0 saturated heterocycles. The molecule has 2 aromatic carbocycles. The number of rotatable bonds is 9. The first-order valence-electron chi connectivity index (χ1n) is 8.90. The van der Waals surface area contributed by atoms with Crippen LogP contribution in [0.1, 0.15) is 5.56 Å². The third-order valence-corrected chi connectivity index (χ3v) is 4.19. The molecule has 0 aliphatic heterocycles. The van der Waals surface area contributed by atoms with E-state index in [1.165, 1.54) is 5.56 Å². The number of benzene rings is 2. The molecule has 3 rings (SSSR count). The van der Waals surface area contributed by atoms with Gasteiger partial charge >= 0.3 is 0 Å². The van der Waals surface area contributed by atoms with Crippen molar-refractivity contribution in [3.8, 4) is 17.2 Å². The maximum atomic E-state index is 5.40. The van der Waals surface area contributed by atoms with Crippen molar-refractivity contribution in [1.29, 1.82) is 0 Å². The Morgan fingerprint density at radius 1 is 0.857 bits per heavy atom. The molecule has 28 heavy (non-hydrogen) atoms. The smallest absolute Gasteiger partial charge is 0.229 e. The van der Waals surface area contributed by atoms with Crippen LogP contribution in [0, 0.1) is 0 Å². The minimum atomic E-state index is 0.484. The summed E-state index contributed by atoms with van der Waals surface area (Å²) in [5.74, 6) is 3.46. The predicted molar refractivity (Wildman–Crippen MR) is 110 cm³/mol. The minimum absolute atomic E-state index is 0.484. The number of methoxy groups -OCH3 is 3. The number of aromatic nitrogens is 2. The van der Waals surface area contributed by atoms with Crippen molar-refractivity contribution in [3.05, 3.63) is 60.3 Å². The lowest BCUT2D eigenvalue weighted by molar-refractivity contribution is 0.395. The zero-order valence-electron chi connectivity index (χ0n) is 16.2. The quantitative estimate of drug-likeness (QED) is 0.583. The second-order valence-corrected chi connectivity index (χ2v) is 5.98. The molecular weight excluding hydrogens is 356 g/mol. The first kappa shape index (κ1) is 19.3. The van der Waals surface area contributed by atoms with Gasteiger partial charge in [0.15, 0.2) is 0 Å². The van der Waals surface area contributed by atoms with E-state index in [2.05, 4.69) is 32.7 Å². The van der Waals surface area contributed by atoms with Gasteiger partial charge in [0.05, 0.1) is 27.0 Å². The molecule has 0 unspecified atom stereocenters. The molecule has 146 valence electrons. The molecule has 0 saturated carbocycles. The zero-order chi connectivity index (χ0) is 19.8. The summed E-state index contributed by atoms with van der Waals surface area (Å²) >= 11 is 0. The molecule has 2 N–H and O–H groups in total. The standard InChI is InChI=1S/C21H24N4O3/c1-26-16-6-4-15(5-7-16)10-12-22-20-11-13-23-21(25-20)24-18-9-8-17(27-2)14-19(18)28-3/h4-9,11,13-14H,10,12H2,1-3H3,(H2,22,23,24,25). The van der Waals surface area contributed by atoms with Gasteiger partial charge in [-0.3, -0.25) is 0 Å². The Kier molecular flexibility index (Phi) is 6.51. The van der Waals surface area contributed by atoms with Crippen molar-refractivity contribution >= 4 is 17.5 Å². The molecule has 0 amide bonds. The molecule has 7 heteroatoms. The average molecular weight is 380 g/mol. The van der Waals surface area contributed by atoms with Crippen LogP contribution in [0.3, 0.4) is 0 Å². The Hall–Kier alpha value is -3.48. The minimum Gasteiger partial charge on any atom is -0.497 e. The predicted octanol–water partition coefficient (Wildman–Crippen LogP) is 3.90. The van der Waals surface area contributed by atoms with Crippen LogP contribution in [0.5, 0.6) is 17.2 Å². The lowest BCUT2D eigenvalue weighted by Crippen LogP contribution is -2.08. The van der Waals surface area contributed by atoms with E-state index in [1.807, 2.05) is 30.3 Å². The van der Waals surface area contributed by atoms with Gasteiger partial charge < -0.3 is 24.8 Å². The lowest BCUT2D eigenvalue weighted by Gasteiger charge is -2.12. The van der Waals surface area contributed by atoms with Gasteiger partial charge in [-0.25, -0.2) is 4.98 Å². The molecule has 0 aliphatic rings. The Morgan fingerprint density at radius 2 is 1.61 bits per heavy atom. The number of nitrogens with one attached hydrogen (secondary N) is 2. The topological polar surface area (TPSA) is 77.5 Å². The monoisotopic (exact) mass is 380 g/mol. The summed E-state index contributed by atoms with van der Waals surface area (Å²) < 4.78 is 15.8. The summed E-state index contributed by atoms with van der Waals surface area (Å²) in [7, 11) is 4.89. The van der Waals surface area contributed by atoms with E-state index in [1.54, 1.807) is 33.6 Å². The molecule has 0 fully saturated rings. The van der Waals surface area contributed by atoms with Crippen LogP contribution in [-0.4, -0.2) is 37.8 Å². The molecule has 0 radical (unpaired) electrons. The van der Waals surface area contributed by atoms with Gasteiger partial charge in [-0.1, -0.05) is 12.1 Å². The first-order chi connectivity index (χ1) is 13.7. The van der Waals surface area contributed by atoms with Crippen LogP contribution < -0.4 is 24.8 Å². The Labute approximate surface area is 164 Å². The van der Waals surface area contributed by atoms with E-state index in [4.69, 9.17) is 14.2 Å². The second-order valence-electron chi connectivity index (χ2n) is 5.98. The highest BCUT2D eigenvalue weighted by Gasteiger charge is 2.07. The lowest BCUT2D eigenvalue weighted by atomic mass is 10.1. The van der Waals surface area contributed by atoms with E-state index in [0.717, 1.165) is 36.0 Å². The number of ether oxygens (including phenoxy) is 3. The van der Waals surface area contributed by atoms with Gasteiger partial charge in [0, 0.05) is 18.8 Å². The van der Waals surface area contributed by atoms with Crippen molar-refractivity contribution in [2.75, 3.05) is 38.5 Å². The van der Waals surface area contributed by atoms with E-state index in [9.17, 15) is 0 Å². The van der Waals surface area contributed by atoms with Crippen molar-refractivity contribution in [1.82, 2.24) is 9.97 Å². The van der Waals surface area contributed by atoms with Crippen LogP contribution in [0.15, 0.2) is 54.7 Å². The largest absolute Gasteiger partial charge is 0.497 e. The zero-order valence-corrected chi connectivity index (χ0v) is 16.2. The molecule has 1 aromatic heterocycles. The van der Waals surface area contributed by atoms with Crippen LogP contribution in [0.2, 0.25) is 0 Å². The number of hydrogen-bond acceptors (Lipinski definition) is 7. The fraction of sp³-hybridized carbons (Fsp3) is 0.238. The molecular formula is C21H24N4O3. The van der Waals surface area contributed by atoms with Gasteiger partial charge in [0.25, 0.3) is 0 Å². The van der Waals surface area contributed by atoms with Gasteiger partial charge in [0.2, 0.25) is 5.95 Å². The Morgan fingerprint density at radius 3 is 2.32 bits per heavy atom. The third-order valence-electron chi connectivity index (χ3n) is 4.19. The SMILES string of the molecule is COc1ccc(CCNc2ccnc(Nc3ccc(OC)cc3OC)n2)cc1. The van der Waals surface area contributed by atoms with Crippen molar-refractivity contribution < 1.29 is 14.2 Å². The van der Waals surface area contributed by atoms with Crippen molar-refractivity contribution in [3.63, 3.8) is 0 Å². The van der Waals surface area contributed by atoms with Crippen molar-refractivity contribution in [2.24, 2.45) is 0 Å². The summed E-state index contributed by atoms with van der Waals surface area (Å²) in [6.45, 7) is 0.759. The molecule has 0 spiro atoms. The summed E-state index contributed by atoms with van der Waals surface area (Å²) in [4.78, 5) is 8.78. The Bertz CT molecular complexity index is 900. The number of hydrogen-bond donors (Lipinski definition) is 2. The highest BCUT2D eigenvalue weighted by atomic mass is 16.5. The molecule has 3 aromatic rings. The molecule has 7 nitrogen and oxygen atoms in total. The number of anilines is 3. The third kappa shape index (κ3) is 5.03. The Balaban J connectivity index is 1.60. The fourth-order valence-electron chi connectivity index (χ4n) is 2.67. The van der Waals surface area contributed by atoms with E-state index in [-0.39, 0.29) is 0 Å². The van der Waals surface area contributed by atoms with Crippen LogP contribution >= 0.6 is 0 Å². The van der Waals surface area contributed by atoms with Gasteiger partial charge in [-0.15, -0.1) is 0 Å². The summed E-state index contributed by atoms with van der Waals surface area (Å²) in [5.41, 5.74) is 1.99. The van der Waals surface area contributed by atoms with E-state index < -0.39 is 0 Å². The second kappa shape index (κ2) is 9.45. The van der Waals surface area contributed by atoms with E-state index >= 15 is 0 Å². The summed E-state index contributed by atoms with van der Waals surface area (Å²) in [5, 5.41) is 6.50. The maximum Gasteiger partial charge on any atom is 0.229 e. The molecule has 1 heterocycles. The summed E-state index contributed by atoms with van der Waals surface area (Å²) in [6.07, 6.45) is 2.59. The molecule has 0 atom stereocenters. The van der Waals surface area contributed by atoms with Crippen LogP contribution in [0.4, 0.5) is 17.5 Å². The van der Waals surface area contributed by atoms with E-state index in [0.29, 0.717) is 11.7 Å². The highest BCUT2D eigenvalue weighted by Crippen LogP contribution is 2.30. The highest BCUT2D eigenvalue weighted by molar-refractivity contribution is 5.64. The van der Waals surface area contributed by atoms with Crippen LogP contribution in [-0.2, 0) is 6.42 Å². The molecule has 0 aliphatic carbocycles.